The van der Waals surface area contributed by atoms with E-state index in [0.29, 0.717) is 13.1 Å². The number of nitro groups is 1. The van der Waals surface area contributed by atoms with E-state index in [9.17, 15) is 14.9 Å². The number of hydrogen-bond acceptors (Lipinski definition) is 6. The lowest BCUT2D eigenvalue weighted by Gasteiger charge is -2.24. The first-order chi connectivity index (χ1) is 10.8. The number of ether oxygens (including phenoxy) is 2. The summed E-state index contributed by atoms with van der Waals surface area (Å²) in [6, 6.07) is 2.84. The lowest BCUT2D eigenvalue weighted by atomic mass is 10.1. The van der Waals surface area contributed by atoms with E-state index in [1.807, 2.05) is 20.8 Å². The summed E-state index contributed by atoms with van der Waals surface area (Å²) in [4.78, 5) is 27.9. The predicted octanol–water partition coefficient (Wildman–Crippen LogP) is 2.63. The highest BCUT2D eigenvalue weighted by atomic mass is 16.6. The molecule has 0 aromatic carbocycles. The average molecular weight is 323 g/mol. The second-order valence-corrected chi connectivity index (χ2v) is 6.48. The number of carbonyl (C=O) groups excluding carboxylic acids is 1. The van der Waals surface area contributed by atoms with Gasteiger partial charge in [-0.05, 0) is 33.3 Å². The SMILES string of the molecule is CC(C)(C)OC(=O)N1CC[C@@H](COc2ncccc2[N+](=O)[O-])C1. The van der Waals surface area contributed by atoms with Gasteiger partial charge < -0.3 is 14.4 Å². The highest BCUT2D eigenvalue weighted by molar-refractivity contribution is 5.68. The summed E-state index contributed by atoms with van der Waals surface area (Å²) in [6.45, 7) is 6.84. The van der Waals surface area contributed by atoms with Crippen LogP contribution in [0.4, 0.5) is 10.5 Å². The molecule has 1 aliphatic heterocycles. The van der Waals surface area contributed by atoms with Gasteiger partial charge in [-0.3, -0.25) is 10.1 Å². The minimum atomic E-state index is -0.528. The van der Waals surface area contributed by atoms with Crippen molar-refractivity contribution in [2.75, 3.05) is 19.7 Å². The van der Waals surface area contributed by atoms with Crippen molar-refractivity contribution in [3.8, 4) is 5.88 Å². The van der Waals surface area contributed by atoms with Crippen LogP contribution in [0.15, 0.2) is 18.3 Å². The van der Waals surface area contributed by atoms with Gasteiger partial charge in [0.25, 0.3) is 5.88 Å². The van der Waals surface area contributed by atoms with Crippen molar-refractivity contribution in [3.05, 3.63) is 28.4 Å². The number of nitrogens with zero attached hydrogens (tertiary/aromatic N) is 3. The molecular weight excluding hydrogens is 302 g/mol. The van der Waals surface area contributed by atoms with Gasteiger partial charge >= 0.3 is 11.8 Å². The molecule has 1 fully saturated rings. The van der Waals surface area contributed by atoms with Crippen molar-refractivity contribution in [3.63, 3.8) is 0 Å². The zero-order valence-corrected chi connectivity index (χ0v) is 13.5. The Labute approximate surface area is 134 Å². The van der Waals surface area contributed by atoms with Crippen molar-refractivity contribution in [2.45, 2.75) is 32.8 Å². The monoisotopic (exact) mass is 323 g/mol. The minimum Gasteiger partial charge on any atom is -0.472 e. The number of likely N-dealkylation sites (tertiary alicyclic amines) is 1. The maximum Gasteiger partial charge on any atom is 0.410 e. The molecule has 0 spiro atoms. The number of carbonyl (C=O) groups is 1. The molecule has 126 valence electrons. The van der Waals surface area contributed by atoms with Gasteiger partial charge in [0.05, 0.1) is 11.5 Å². The largest absolute Gasteiger partial charge is 0.472 e. The highest BCUT2D eigenvalue weighted by Crippen LogP contribution is 2.25. The van der Waals surface area contributed by atoms with E-state index in [-0.39, 0.29) is 30.2 Å². The standard InChI is InChI=1S/C15H21N3O5/c1-15(2,3)23-14(19)17-8-6-11(9-17)10-22-13-12(18(20)21)5-4-7-16-13/h4-5,7,11H,6,8-10H2,1-3H3/t11-/m1/s1. The van der Waals surface area contributed by atoms with Crippen LogP contribution in [-0.2, 0) is 4.74 Å². The summed E-state index contributed by atoms with van der Waals surface area (Å²) in [5, 5.41) is 10.9. The summed E-state index contributed by atoms with van der Waals surface area (Å²) in [6.07, 6.45) is 1.87. The van der Waals surface area contributed by atoms with Crippen LogP contribution in [0.5, 0.6) is 5.88 Å². The molecule has 1 atom stereocenters. The Morgan fingerprint density at radius 1 is 1.52 bits per heavy atom. The molecule has 1 aromatic heterocycles. The van der Waals surface area contributed by atoms with Gasteiger partial charge in [0.1, 0.15) is 5.60 Å². The summed E-state index contributed by atoms with van der Waals surface area (Å²) in [5.41, 5.74) is -0.685. The first-order valence-corrected chi connectivity index (χ1v) is 7.46. The van der Waals surface area contributed by atoms with Gasteiger partial charge in [-0.15, -0.1) is 0 Å². The summed E-state index contributed by atoms with van der Waals surface area (Å²) in [5.74, 6) is 0.109. The van der Waals surface area contributed by atoms with E-state index in [1.54, 1.807) is 4.90 Å². The molecule has 8 nitrogen and oxygen atoms in total. The van der Waals surface area contributed by atoms with E-state index in [1.165, 1.54) is 18.3 Å². The number of hydrogen-bond donors (Lipinski definition) is 0. The third kappa shape index (κ3) is 4.80. The van der Waals surface area contributed by atoms with Crippen LogP contribution in [-0.4, -0.2) is 46.2 Å². The van der Waals surface area contributed by atoms with Crippen LogP contribution in [0, 0.1) is 16.0 Å². The average Bonchev–Trinajstić information content (AvgIpc) is 2.92. The Kier molecular flexibility index (Phi) is 5.02. The minimum absolute atomic E-state index is 0.00761. The number of aromatic nitrogens is 1. The lowest BCUT2D eigenvalue weighted by Crippen LogP contribution is -2.35. The Balaban J connectivity index is 1.87. The Morgan fingerprint density at radius 2 is 2.26 bits per heavy atom. The third-order valence-electron chi connectivity index (χ3n) is 3.34. The highest BCUT2D eigenvalue weighted by Gasteiger charge is 2.30. The van der Waals surface area contributed by atoms with Crippen LogP contribution < -0.4 is 4.74 Å². The van der Waals surface area contributed by atoms with Crippen molar-refractivity contribution in [2.24, 2.45) is 5.92 Å². The van der Waals surface area contributed by atoms with Crippen LogP contribution >= 0.6 is 0 Å². The molecule has 1 aliphatic rings. The second-order valence-electron chi connectivity index (χ2n) is 6.48. The Hall–Kier alpha value is -2.38. The summed E-state index contributed by atoms with van der Waals surface area (Å²) in [7, 11) is 0. The zero-order chi connectivity index (χ0) is 17.0. The molecule has 2 heterocycles. The fraction of sp³-hybridized carbons (Fsp3) is 0.600. The van der Waals surface area contributed by atoms with Crippen molar-refractivity contribution >= 4 is 11.8 Å². The molecule has 0 N–H and O–H groups in total. The molecule has 0 bridgehead atoms. The van der Waals surface area contributed by atoms with Gasteiger partial charge in [-0.2, -0.15) is 0 Å². The number of amides is 1. The van der Waals surface area contributed by atoms with E-state index in [4.69, 9.17) is 9.47 Å². The topological polar surface area (TPSA) is 94.8 Å². The first-order valence-electron chi connectivity index (χ1n) is 7.46. The fourth-order valence-corrected chi connectivity index (χ4v) is 2.29. The maximum absolute atomic E-state index is 12.0. The molecule has 2 rings (SSSR count). The van der Waals surface area contributed by atoms with E-state index in [0.717, 1.165) is 6.42 Å². The van der Waals surface area contributed by atoms with E-state index in [2.05, 4.69) is 4.98 Å². The molecule has 0 aliphatic carbocycles. The van der Waals surface area contributed by atoms with Crippen molar-refractivity contribution in [1.29, 1.82) is 0 Å². The van der Waals surface area contributed by atoms with Gasteiger partial charge in [-0.25, -0.2) is 9.78 Å². The lowest BCUT2D eigenvalue weighted by molar-refractivity contribution is -0.386. The number of rotatable bonds is 4. The zero-order valence-electron chi connectivity index (χ0n) is 13.5. The first kappa shape index (κ1) is 17.0. The molecular formula is C15H21N3O5. The molecule has 1 saturated heterocycles. The summed E-state index contributed by atoms with van der Waals surface area (Å²) >= 11 is 0. The molecule has 0 radical (unpaired) electrons. The molecule has 23 heavy (non-hydrogen) atoms. The van der Waals surface area contributed by atoms with Crippen LogP contribution in [0.1, 0.15) is 27.2 Å². The smallest absolute Gasteiger partial charge is 0.410 e. The van der Waals surface area contributed by atoms with Crippen LogP contribution in [0.2, 0.25) is 0 Å². The van der Waals surface area contributed by atoms with Crippen molar-refractivity contribution < 1.29 is 19.2 Å². The maximum atomic E-state index is 12.0. The second kappa shape index (κ2) is 6.80. The molecule has 0 saturated carbocycles. The van der Waals surface area contributed by atoms with Gasteiger partial charge in [0.2, 0.25) is 0 Å². The summed E-state index contributed by atoms with van der Waals surface area (Å²) < 4.78 is 10.8. The van der Waals surface area contributed by atoms with Crippen molar-refractivity contribution in [1.82, 2.24) is 9.88 Å². The normalized spacial score (nSPS) is 17.9. The van der Waals surface area contributed by atoms with Gasteiger partial charge in [-0.1, -0.05) is 0 Å². The molecule has 8 heteroatoms. The number of pyridine rings is 1. The molecule has 1 amide bonds. The fourth-order valence-electron chi connectivity index (χ4n) is 2.29. The van der Waals surface area contributed by atoms with E-state index < -0.39 is 10.5 Å². The third-order valence-corrected chi connectivity index (χ3v) is 3.34. The predicted molar refractivity (Wildman–Crippen MR) is 82.3 cm³/mol. The molecule has 0 unspecified atom stereocenters. The Bertz CT molecular complexity index is 585. The van der Waals surface area contributed by atoms with Crippen LogP contribution in [0.25, 0.3) is 0 Å². The van der Waals surface area contributed by atoms with Gasteiger partial charge in [0, 0.05) is 31.3 Å². The quantitative estimate of drug-likeness (QED) is 0.624. The Morgan fingerprint density at radius 3 is 2.91 bits per heavy atom. The van der Waals surface area contributed by atoms with Crippen LogP contribution in [0.3, 0.4) is 0 Å². The van der Waals surface area contributed by atoms with E-state index >= 15 is 0 Å². The van der Waals surface area contributed by atoms with Gasteiger partial charge in [0.15, 0.2) is 0 Å². The molecule has 1 aromatic rings.